The third kappa shape index (κ3) is 8.75. The van der Waals surface area contributed by atoms with Crippen LogP contribution in [0.1, 0.15) is 79.6 Å². The van der Waals surface area contributed by atoms with E-state index < -0.39 is 79.7 Å². The van der Waals surface area contributed by atoms with Gasteiger partial charge in [0.15, 0.2) is 0 Å². The molecule has 3 heterocycles. The highest BCUT2D eigenvalue weighted by molar-refractivity contribution is 7.91. The van der Waals surface area contributed by atoms with Crippen LogP contribution in [0.5, 0.6) is 11.6 Å². The van der Waals surface area contributed by atoms with Gasteiger partial charge in [0.05, 0.1) is 31.2 Å². The molecule has 2 saturated carbocycles. The number of carbonyl (C=O) groups excluding carboxylic acids is 4. The lowest BCUT2D eigenvalue weighted by Gasteiger charge is -2.34. The average molecular weight is 798 g/mol. The maximum atomic E-state index is 15.0. The van der Waals surface area contributed by atoms with Crippen molar-refractivity contribution in [3.05, 3.63) is 42.6 Å². The molecule has 4 amide bonds. The molecule has 1 saturated heterocycles. The minimum absolute atomic E-state index is 0.0126. The van der Waals surface area contributed by atoms with Crippen LogP contribution in [0.15, 0.2) is 42.6 Å². The van der Waals surface area contributed by atoms with Crippen LogP contribution in [-0.4, -0.2) is 104 Å². The summed E-state index contributed by atoms with van der Waals surface area (Å²) in [5.41, 5.74) is -2.40. The summed E-state index contributed by atoms with van der Waals surface area (Å²) in [6.45, 7) is 8.89. The first-order valence-electron chi connectivity index (χ1n) is 19.3. The number of methoxy groups -OCH3 is 2. The molecule has 4 aliphatic rings. The molecule has 3 N–H and O–H groups in total. The van der Waals surface area contributed by atoms with Crippen molar-refractivity contribution in [2.24, 2.45) is 17.8 Å². The van der Waals surface area contributed by atoms with Crippen LogP contribution in [0.4, 0.5) is 4.79 Å². The van der Waals surface area contributed by atoms with E-state index in [2.05, 4.69) is 27.3 Å². The minimum atomic E-state index is -4.01. The molecular weight excluding hydrogens is 743 g/mol. The second-order valence-corrected chi connectivity index (χ2v) is 19.2. The van der Waals surface area contributed by atoms with Gasteiger partial charge in [-0.2, -0.15) is 0 Å². The third-order valence-electron chi connectivity index (χ3n) is 11.4. The smallest absolute Gasteiger partial charge is 0.408 e. The molecule has 0 bridgehead atoms. The summed E-state index contributed by atoms with van der Waals surface area (Å²) in [5, 5.41) is 7.14. The Morgan fingerprint density at radius 2 is 1.80 bits per heavy atom. The fourth-order valence-electron chi connectivity index (χ4n) is 7.78. The first kappa shape index (κ1) is 41.2. The van der Waals surface area contributed by atoms with Crippen molar-refractivity contribution in [1.29, 1.82) is 0 Å². The Kier molecular flexibility index (Phi) is 11.6. The molecule has 56 heavy (non-hydrogen) atoms. The molecule has 2 aromatic rings. The van der Waals surface area contributed by atoms with E-state index in [1.807, 2.05) is 36.4 Å². The van der Waals surface area contributed by atoms with Crippen molar-refractivity contribution in [1.82, 2.24) is 25.2 Å². The number of nitrogens with zero attached hydrogens (tertiary/aromatic N) is 2. The number of hydrogen-bond donors (Lipinski definition) is 3. The Bertz CT molecular complexity index is 1980. The van der Waals surface area contributed by atoms with E-state index in [4.69, 9.17) is 18.9 Å². The highest BCUT2D eigenvalue weighted by Crippen LogP contribution is 2.47. The summed E-state index contributed by atoms with van der Waals surface area (Å²) in [7, 11) is -0.938. The summed E-state index contributed by atoms with van der Waals surface area (Å²) in [6, 6.07) is 5.09. The topological polar surface area (TPSA) is 192 Å². The Morgan fingerprint density at radius 1 is 1.09 bits per heavy atom. The van der Waals surface area contributed by atoms with Gasteiger partial charge < -0.3 is 34.5 Å². The number of sulfonamides is 1. The van der Waals surface area contributed by atoms with E-state index in [0.717, 1.165) is 11.8 Å². The monoisotopic (exact) mass is 797 g/mol. The van der Waals surface area contributed by atoms with Gasteiger partial charge >= 0.3 is 6.09 Å². The number of rotatable bonds is 9. The zero-order valence-corrected chi connectivity index (χ0v) is 34.1. The van der Waals surface area contributed by atoms with E-state index in [1.165, 1.54) is 12.0 Å². The van der Waals surface area contributed by atoms with Crippen LogP contribution in [0, 0.1) is 17.8 Å². The lowest BCUT2D eigenvalue weighted by molar-refractivity contribution is -0.142. The van der Waals surface area contributed by atoms with E-state index >= 15 is 0 Å². The molecule has 2 aliphatic heterocycles. The SMILES string of the molecule is COCC1CC(C)CCC=CC2CC2(C(=O)NS(=O)(=O)C2(C)CC2)NC(=O)C2CC(Oc3ncc(OC)c4ccccc34)CN2C(=O)C1NC(=O)OC(C)(C)C. The highest BCUT2D eigenvalue weighted by atomic mass is 32.2. The number of benzene rings is 1. The number of hydrogen-bond acceptors (Lipinski definition) is 11. The zero-order valence-electron chi connectivity index (χ0n) is 33.3. The number of fused-ring (bicyclic) bond motifs is 3. The van der Waals surface area contributed by atoms with Gasteiger partial charge in [-0.15, -0.1) is 0 Å². The summed E-state index contributed by atoms with van der Waals surface area (Å²) < 4.78 is 50.8. The normalized spacial score (nSPS) is 29.2. The fourth-order valence-corrected chi connectivity index (χ4v) is 9.09. The molecule has 1 aromatic heterocycles. The van der Waals surface area contributed by atoms with Crippen LogP contribution < -0.4 is 24.8 Å². The van der Waals surface area contributed by atoms with Gasteiger partial charge in [-0.3, -0.25) is 19.1 Å². The molecular formula is C40H55N5O10S. The Balaban J connectivity index is 1.38. The molecule has 0 radical (unpaired) electrons. The van der Waals surface area contributed by atoms with Gasteiger partial charge in [0.2, 0.25) is 27.7 Å². The molecule has 7 atom stereocenters. The predicted molar refractivity (Wildman–Crippen MR) is 207 cm³/mol. The number of allylic oxidation sites excluding steroid dienone is 1. The Morgan fingerprint density at radius 3 is 2.46 bits per heavy atom. The Labute approximate surface area is 328 Å². The van der Waals surface area contributed by atoms with Gasteiger partial charge in [0, 0.05) is 36.1 Å². The number of nitrogens with one attached hydrogen (secondary N) is 3. The average Bonchev–Trinajstić information content (AvgIpc) is 4.01. The van der Waals surface area contributed by atoms with Crippen LogP contribution in [0.25, 0.3) is 10.8 Å². The summed E-state index contributed by atoms with van der Waals surface area (Å²) >= 11 is 0. The van der Waals surface area contributed by atoms with Crippen molar-refractivity contribution < 1.29 is 46.5 Å². The largest absolute Gasteiger partial charge is 0.494 e. The van der Waals surface area contributed by atoms with E-state index in [0.29, 0.717) is 36.8 Å². The predicted octanol–water partition coefficient (Wildman–Crippen LogP) is 4.00. The molecule has 3 fully saturated rings. The standard InChI is InChI=1S/C40H55N5O10S/c1-24-12-8-9-13-26-20-40(26,36(48)44-56(50,51)39(5)16-17-39)43-33(46)30-19-27(54-34-29-15-11-10-14-28(29)31(53-7)21-41-34)22-45(30)35(47)32(25(18-24)23-52-6)42-37(49)55-38(2,3)4/h9-11,13-15,21,24-27,30,32H,8,12,16-20,22-23H2,1-7H3,(H,42,49)(H,43,46)(H,44,48). The van der Waals surface area contributed by atoms with E-state index in [1.54, 1.807) is 41.0 Å². The number of alkyl carbamates (subject to hydrolysis) is 1. The molecule has 16 heteroatoms. The molecule has 0 spiro atoms. The second-order valence-electron chi connectivity index (χ2n) is 17.0. The van der Waals surface area contributed by atoms with Gasteiger partial charge in [-0.25, -0.2) is 18.2 Å². The van der Waals surface area contributed by atoms with E-state index in [-0.39, 0.29) is 37.8 Å². The maximum absolute atomic E-state index is 15.0. The van der Waals surface area contributed by atoms with E-state index in [9.17, 15) is 27.6 Å². The van der Waals surface area contributed by atoms with Crippen molar-refractivity contribution in [3.8, 4) is 11.6 Å². The van der Waals surface area contributed by atoms with Crippen molar-refractivity contribution in [3.63, 3.8) is 0 Å². The fraction of sp³-hybridized carbons (Fsp3) is 0.625. The molecule has 2 aliphatic carbocycles. The van der Waals surface area contributed by atoms with Crippen LogP contribution >= 0.6 is 0 Å². The number of carbonyl (C=O) groups is 4. The van der Waals surface area contributed by atoms with Crippen molar-refractivity contribution >= 4 is 44.6 Å². The number of pyridine rings is 1. The lowest BCUT2D eigenvalue weighted by Crippen LogP contribution is -2.60. The van der Waals surface area contributed by atoms with Gasteiger partial charge in [0.1, 0.15) is 35.1 Å². The summed E-state index contributed by atoms with van der Waals surface area (Å²) in [5.74, 6) is -2.08. The van der Waals surface area contributed by atoms with Crippen molar-refractivity contribution in [2.75, 3.05) is 27.4 Å². The maximum Gasteiger partial charge on any atom is 0.408 e. The summed E-state index contributed by atoms with van der Waals surface area (Å²) in [4.78, 5) is 62.7. The number of ether oxygens (including phenoxy) is 4. The van der Waals surface area contributed by atoms with Crippen LogP contribution in [0.3, 0.4) is 0 Å². The molecule has 306 valence electrons. The van der Waals surface area contributed by atoms with Gasteiger partial charge in [-0.05, 0) is 78.2 Å². The lowest BCUT2D eigenvalue weighted by atomic mass is 9.87. The van der Waals surface area contributed by atoms with Crippen molar-refractivity contribution in [2.45, 2.75) is 114 Å². The van der Waals surface area contributed by atoms with Crippen LogP contribution in [0.2, 0.25) is 0 Å². The van der Waals surface area contributed by atoms with Gasteiger partial charge in [-0.1, -0.05) is 37.3 Å². The Hall–Kier alpha value is -4.44. The molecule has 1 aromatic carbocycles. The minimum Gasteiger partial charge on any atom is -0.494 e. The summed E-state index contributed by atoms with van der Waals surface area (Å²) in [6.07, 6.45) is 6.74. The quantitative estimate of drug-likeness (QED) is 0.311. The first-order chi connectivity index (χ1) is 26.4. The second kappa shape index (κ2) is 15.8. The van der Waals surface area contributed by atoms with Crippen LogP contribution in [-0.2, 0) is 33.9 Å². The zero-order chi connectivity index (χ0) is 40.6. The van der Waals surface area contributed by atoms with Gasteiger partial charge in [0.25, 0.3) is 5.91 Å². The number of amides is 4. The third-order valence-corrected chi connectivity index (χ3v) is 13.5. The first-order valence-corrected chi connectivity index (χ1v) is 20.8. The molecule has 7 unspecified atom stereocenters. The molecule has 6 rings (SSSR count). The number of aromatic nitrogens is 1. The highest BCUT2D eigenvalue weighted by Gasteiger charge is 2.63. The molecule has 15 nitrogen and oxygen atoms in total.